The summed E-state index contributed by atoms with van der Waals surface area (Å²) in [5.74, 6) is -0.993. The predicted molar refractivity (Wildman–Crippen MR) is 135 cm³/mol. The number of carbonyl (C=O) groups is 2. The van der Waals surface area contributed by atoms with Crippen molar-refractivity contribution in [1.82, 2.24) is 5.32 Å². The highest BCUT2D eigenvalue weighted by Crippen LogP contribution is 2.38. The first-order valence-corrected chi connectivity index (χ1v) is 12.0. The van der Waals surface area contributed by atoms with Crippen molar-refractivity contribution in [2.75, 3.05) is 4.90 Å². The molecule has 1 aliphatic rings. The van der Waals surface area contributed by atoms with Gasteiger partial charge in [-0.3, -0.25) is 19.8 Å². The minimum absolute atomic E-state index is 0.0964. The van der Waals surface area contributed by atoms with E-state index in [1.165, 1.54) is 17.8 Å². The number of amides is 2. The predicted octanol–water partition coefficient (Wildman–Crippen LogP) is 6.98. The van der Waals surface area contributed by atoms with Crippen LogP contribution in [-0.4, -0.2) is 16.9 Å². The zero-order chi connectivity index (χ0) is 23.0. The van der Waals surface area contributed by atoms with Crippen LogP contribution < -0.4 is 10.2 Å². The van der Waals surface area contributed by atoms with Gasteiger partial charge in [0.25, 0.3) is 11.8 Å². The van der Waals surface area contributed by atoms with Crippen LogP contribution in [0.1, 0.15) is 5.76 Å². The third-order valence-electron chi connectivity index (χ3n) is 4.26. The first-order chi connectivity index (χ1) is 15.2. The fraction of sp³-hybridized carbons (Fsp3) is 0. The van der Waals surface area contributed by atoms with Gasteiger partial charge in [0.1, 0.15) is 11.3 Å². The smallest absolute Gasteiger partial charge is 0.270 e. The Labute approximate surface area is 215 Å². The maximum absolute atomic E-state index is 13.2. The SMILES string of the molecule is O=C1NC(=S)N(c2cccc(Cl)c2Cl)C(=O)/C1=C\c1cc(Br)c(Sc2ccc(Cl)cc2)o1. The van der Waals surface area contributed by atoms with E-state index < -0.39 is 11.8 Å². The van der Waals surface area contributed by atoms with Crippen molar-refractivity contribution < 1.29 is 14.0 Å². The molecule has 1 N–H and O–H groups in total. The Morgan fingerprint density at radius 1 is 1.09 bits per heavy atom. The van der Waals surface area contributed by atoms with Gasteiger partial charge in [0.05, 0.1) is 20.2 Å². The summed E-state index contributed by atoms with van der Waals surface area (Å²) < 4.78 is 6.50. The Morgan fingerprint density at radius 2 is 1.81 bits per heavy atom. The van der Waals surface area contributed by atoms with Crippen molar-refractivity contribution in [3.05, 3.63) is 79.4 Å². The number of nitrogens with zero attached hydrogens (tertiary/aromatic N) is 1. The van der Waals surface area contributed by atoms with E-state index in [1.807, 2.05) is 12.1 Å². The standard InChI is InChI=1S/C21H10BrCl3N2O3S2/c22-14-9-11(30-20(14)32-12-6-4-10(23)5-7-12)8-13-18(28)26-21(31)27(19(13)29)16-3-1-2-15(24)17(16)25/h1-9H,(H,26,28,31)/b13-8-. The molecule has 5 nitrogen and oxygen atoms in total. The molecular formula is C21H10BrCl3N2O3S2. The first kappa shape index (κ1) is 23.4. The van der Waals surface area contributed by atoms with Crippen molar-refractivity contribution in [2.24, 2.45) is 0 Å². The number of furan rings is 1. The molecule has 4 rings (SSSR count). The molecular weight excluding hydrogens is 579 g/mol. The number of thiocarbonyl (C=S) groups is 1. The summed E-state index contributed by atoms with van der Waals surface area (Å²) in [5, 5.41) is 3.97. The summed E-state index contributed by atoms with van der Waals surface area (Å²) in [4.78, 5) is 27.7. The molecule has 1 aromatic heterocycles. The van der Waals surface area contributed by atoms with Gasteiger partial charge in [-0.15, -0.1) is 0 Å². The Balaban J connectivity index is 1.66. The summed E-state index contributed by atoms with van der Waals surface area (Å²) in [7, 11) is 0. The number of halogens is 4. The van der Waals surface area contributed by atoms with E-state index in [0.717, 1.165) is 9.80 Å². The molecule has 11 heteroatoms. The zero-order valence-electron chi connectivity index (χ0n) is 15.7. The highest BCUT2D eigenvalue weighted by atomic mass is 79.9. The molecule has 1 aliphatic heterocycles. The van der Waals surface area contributed by atoms with Crippen LogP contribution in [0.3, 0.4) is 0 Å². The quantitative estimate of drug-likeness (QED) is 0.202. The van der Waals surface area contributed by atoms with Crippen molar-refractivity contribution in [3.63, 3.8) is 0 Å². The van der Waals surface area contributed by atoms with Crippen LogP contribution in [0.4, 0.5) is 5.69 Å². The van der Waals surface area contributed by atoms with Crippen molar-refractivity contribution in [3.8, 4) is 0 Å². The second kappa shape index (κ2) is 9.59. The monoisotopic (exact) mass is 586 g/mol. The van der Waals surface area contributed by atoms with Gasteiger partial charge in [0, 0.05) is 9.92 Å². The summed E-state index contributed by atoms with van der Waals surface area (Å²) in [6.45, 7) is 0. The molecule has 3 aromatic rings. The van der Waals surface area contributed by atoms with Gasteiger partial charge in [-0.1, -0.05) is 52.6 Å². The second-order valence-corrected chi connectivity index (χ2v) is 9.88. The van der Waals surface area contributed by atoms with Gasteiger partial charge in [-0.05, 0) is 76.7 Å². The number of nitrogens with one attached hydrogen (secondary N) is 1. The van der Waals surface area contributed by atoms with Gasteiger partial charge in [-0.25, -0.2) is 0 Å². The van der Waals surface area contributed by atoms with Crippen LogP contribution >= 0.6 is 74.7 Å². The van der Waals surface area contributed by atoms with Crippen LogP contribution in [0.15, 0.2) is 73.0 Å². The van der Waals surface area contributed by atoms with Crippen molar-refractivity contribution in [2.45, 2.75) is 9.99 Å². The van der Waals surface area contributed by atoms with Gasteiger partial charge in [-0.2, -0.15) is 0 Å². The van der Waals surface area contributed by atoms with E-state index in [4.69, 9.17) is 51.4 Å². The molecule has 1 saturated heterocycles. The first-order valence-electron chi connectivity index (χ1n) is 8.83. The van der Waals surface area contributed by atoms with Gasteiger partial charge >= 0.3 is 0 Å². The Hall–Kier alpha value is -1.81. The number of hydrogen-bond donors (Lipinski definition) is 1. The van der Waals surface area contributed by atoms with E-state index in [2.05, 4.69) is 21.2 Å². The molecule has 0 radical (unpaired) electrons. The highest BCUT2D eigenvalue weighted by Gasteiger charge is 2.36. The molecule has 2 aromatic carbocycles. The van der Waals surface area contributed by atoms with Crippen molar-refractivity contribution >= 4 is 103 Å². The van der Waals surface area contributed by atoms with E-state index in [1.54, 1.807) is 36.4 Å². The summed E-state index contributed by atoms with van der Waals surface area (Å²) in [6, 6.07) is 13.7. The third kappa shape index (κ3) is 4.76. The van der Waals surface area contributed by atoms with Crippen LogP contribution in [-0.2, 0) is 9.59 Å². The fourth-order valence-corrected chi connectivity index (χ4v) is 4.91. The summed E-state index contributed by atoms with van der Waals surface area (Å²) >= 11 is 28.2. The lowest BCUT2D eigenvalue weighted by molar-refractivity contribution is -0.122. The minimum atomic E-state index is -0.651. The molecule has 0 atom stereocenters. The van der Waals surface area contributed by atoms with Crippen LogP contribution in [0.25, 0.3) is 6.08 Å². The fourth-order valence-electron chi connectivity index (χ4n) is 2.80. The molecule has 1 fully saturated rings. The number of carbonyl (C=O) groups excluding carboxylic acids is 2. The molecule has 162 valence electrons. The third-order valence-corrected chi connectivity index (χ3v) is 7.45. The molecule has 0 aliphatic carbocycles. The number of hydrogen-bond acceptors (Lipinski definition) is 5. The number of anilines is 1. The average molecular weight is 589 g/mol. The van der Waals surface area contributed by atoms with Crippen LogP contribution in [0.5, 0.6) is 0 Å². The maximum Gasteiger partial charge on any atom is 0.270 e. The van der Waals surface area contributed by atoms with Crippen LogP contribution in [0, 0.1) is 0 Å². The molecule has 0 saturated carbocycles. The lowest BCUT2D eigenvalue weighted by Crippen LogP contribution is -2.54. The Kier molecular flexibility index (Phi) is 7.00. The highest BCUT2D eigenvalue weighted by molar-refractivity contribution is 9.10. The minimum Gasteiger partial charge on any atom is -0.449 e. The molecule has 2 amide bonds. The summed E-state index contributed by atoms with van der Waals surface area (Å²) in [6.07, 6.45) is 1.35. The maximum atomic E-state index is 13.2. The number of rotatable bonds is 4. The molecule has 0 unspecified atom stereocenters. The van der Waals surface area contributed by atoms with E-state index >= 15 is 0 Å². The van der Waals surface area contributed by atoms with E-state index in [-0.39, 0.29) is 26.4 Å². The lowest BCUT2D eigenvalue weighted by Gasteiger charge is -2.29. The summed E-state index contributed by atoms with van der Waals surface area (Å²) in [5.41, 5.74) is 0.0959. The van der Waals surface area contributed by atoms with E-state index in [0.29, 0.717) is 20.3 Å². The van der Waals surface area contributed by atoms with Gasteiger partial charge in [0.15, 0.2) is 10.2 Å². The zero-order valence-corrected chi connectivity index (χ0v) is 21.2. The average Bonchev–Trinajstić information content (AvgIpc) is 3.09. The van der Waals surface area contributed by atoms with Gasteiger partial charge in [0.2, 0.25) is 0 Å². The Morgan fingerprint density at radius 3 is 2.53 bits per heavy atom. The molecule has 0 bridgehead atoms. The second-order valence-electron chi connectivity index (χ2n) is 6.37. The molecule has 0 spiro atoms. The van der Waals surface area contributed by atoms with E-state index in [9.17, 15) is 9.59 Å². The van der Waals surface area contributed by atoms with Gasteiger partial charge < -0.3 is 4.42 Å². The number of benzene rings is 2. The molecule has 32 heavy (non-hydrogen) atoms. The lowest BCUT2D eigenvalue weighted by atomic mass is 10.1. The normalized spacial score (nSPS) is 15.4. The van der Waals surface area contributed by atoms with Crippen LogP contribution in [0.2, 0.25) is 15.1 Å². The molecule has 2 heterocycles. The largest absolute Gasteiger partial charge is 0.449 e. The Bertz CT molecular complexity index is 1290. The van der Waals surface area contributed by atoms with Crippen molar-refractivity contribution in [1.29, 1.82) is 0 Å². The topological polar surface area (TPSA) is 62.6 Å².